The summed E-state index contributed by atoms with van der Waals surface area (Å²) in [5.41, 5.74) is 0.427. The normalized spacial score (nSPS) is 20.5. The molecular formula is C21H24ClFN8S2. The molecule has 8 nitrogen and oxygen atoms in total. The van der Waals surface area contributed by atoms with Crippen LogP contribution in [-0.4, -0.2) is 57.9 Å². The summed E-state index contributed by atoms with van der Waals surface area (Å²) in [6, 6.07) is 4.24. The highest BCUT2D eigenvalue weighted by atomic mass is 35.5. The van der Waals surface area contributed by atoms with Gasteiger partial charge in [0.2, 0.25) is 0 Å². The average Bonchev–Trinajstić information content (AvgIpc) is 3.76. The Balaban J connectivity index is 1.51. The number of fused-ring (bicyclic) bond motifs is 1. The number of halogens is 2. The number of hydrogen-bond donors (Lipinski definition) is 4. The molecule has 1 saturated heterocycles. The van der Waals surface area contributed by atoms with Crippen molar-refractivity contribution in [1.29, 1.82) is 16.1 Å². The monoisotopic (exact) mass is 506 g/mol. The van der Waals surface area contributed by atoms with Gasteiger partial charge < -0.3 is 10.2 Å². The van der Waals surface area contributed by atoms with Gasteiger partial charge in [-0.2, -0.15) is 5.26 Å². The maximum absolute atomic E-state index is 13.4. The molecule has 0 bridgehead atoms. The lowest BCUT2D eigenvalue weighted by Gasteiger charge is -2.30. The van der Waals surface area contributed by atoms with Crippen molar-refractivity contribution in [3.63, 3.8) is 0 Å². The lowest BCUT2D eigenvalue weighted by atomic mass is 10.2. The van der Waals surface area contributed by atoms with Gasteiger partial charge in [-0.15, -0.1) is 0 Å². The highest BCUT2D eigenvalue weighted by Crippen LogP contribution is 2.49. The molecule has 2 aromatic heterocycles. The van der Waals surface area contributed by atoms with Crippen molar-refractivity contribution in [2.24, 2.45) is 5.41 Å². The molecule has 5 rings (SSSR count). The number of rotatable bonds is 7. The number of nitriles is 1. The number of aromatic nitrogens is 2. The number of nitrogens with one attached hydrogen (secondary N) is 4. The van der Waals surface area contributed by atoms with E-state index in [9.17, 15) is 9.65 Å². The van der Waals surface area contributed by atoms with Gasteiger partial charge in [0, 0.05) is 37.3 Å². The Hall–Kier alpha value is -1.84. The van der Waals surface area contributed by atoms with E-state index in [1.54, 1.807) is 4.40 Å². The number of hydrogen-bond acceptors (Lipinski definition) is 9. The van der Waals surface area contributed by atoms with Crippen molar-refractivity contribution in [3.8, 4) is 6.07 Å². The van der Waals surface area contributed by atoms with Crippen molar-refractivity contribution < 1.29 is 4.39 Å². The second kappa shape index (κ2) is 8.74. The van der Waals surface area contributed by atoms with Crippen LogP contribution in [0, 0.1) is 27.6 Å². The van der Waals surface area contributed by atoms with Crippen LogP contribution in [0.5, 0.6) is 0 Å². The Labute approximate surface area is 204 Å². The molecule has 0 amide bonds. The first-order chi connectivity index (χ1) is 15.9. The minimum Gasteiger partial charge on any atom is -0.367 e. The van der Waals surface area contributed by atoms with E-state index in [1.807, 2.05) is 12.3 Å². The molecule has 0 unspecified atom stereocenters. The number of thioether (sulfide) groups is 1. The predicted molar refractivity (Wildman–Crippen MR) is 132 cm³/mol. The average molecular weight is 507 g/mol. The SMILES string of the molecule is N#CC1(C(=N)SC(=N)c2nc(Cl)c3c(N4CCNCC4)cc(SNC4(CF)CC4)cn23)CC1. The summed E-state index contributed by atoms with van der Waals surface area (Å²) in [7, 11) is 0. The first-order valence-corrected chi connectivity index (χ1v) is 12.9. The lowest BCUT2D eigenvalue weighted by molar-refractivity contribution is 0.402. The van der Waals surface area contributed by atoms with Crippen molar-refractivity contribution in [3.05, 3.63) is 23.2 Å². The van der Waals surface area contributed by atoms with Crippen LogP contribution in [0.3, 0.4) is 0 Å². The third-order valence-corrected chi connectivity index (χ3v) is 8.64. The molecule has 2 aromatic rings. The van der Waals surface area contributed by atoms with Gasteiger partial charge in [0.25, 0.3) is 0 Å². The van der Waals surface area contributed by atoms with Gasteiger partial charge >= 0.3 is 0 Å². The first kappa shape index (κ1) is 22.9. The topological polar surface area (TPSA) is 116 Å². The van der Waals surface area contributed by atoms with Crippen LogP contribution in [0.2, 0.25) is 5.15 Å². The fourth-order valence-corrected chi connectivity index (χ4v) is 5.91. The van der Waals surface area contributed by atoms with Gasteiger partial charge in [0.15, 0.2) is 11.0 Å². The summed E-state index contributed by atoms with van der Waals surface area (Å²) < 4.78 is 18.5. The molecule has 0 atom stereocenters. The summed E-state index contributed by atoms with van der Waals surface area (Å²) in [4.78, 5) is 7.59. The second-order valence-corrected chi connectivity index (χ2v) is 11.1. The van der Waals surface area contributed by atoms with Crippen molar-refractivity contribution in [2.45, 2.75) is 36.1 Å². The minimum absolute atomic E-state index is 0.0761. The highest BCUT2D eigenvalue weighted by molar-refractivity contribution is 8.26. The van der Waals surface area contributed by atoms with E-state index in [4.69, 9.17) is 22.4 Å². The van der Waals surface area contributed by atoms with Crippen LogP contribution in [0.25, 0.3) is 5.52 Å². The summed E-state index contributed by atoms with van der Waals surface area (Å²) in [6.45, 7) is 2.92. The van der Waals surface area contributed by atoms with E-state index in [0.29, 0.717) is 29.3 Å². The Bertz CT molecular complexity index is 1160. The molecule has 12 heteroatoms. The Morgan fingerprint density at radius 3 is 2.64 bits per heavy atom. The van der Waals surface area contributed by atoms with E-state index in [2.05, 4.69) is 26.0 Å². The van der Waals surface area contributed by atoms with Gasteiger partial charge in [-0.1, -0.05) is 23.4 Å². The summed E-state index contributed by atoms with van der Waals surface area (Å²) >= 11 is 8.93. The molecule has 2 saturated carbocycles. The summed E-state index contributed by atoms with van der Waals surface area (Å²) in [5.74, 6) is 0.337. The minimum atomic E-state index is -0.754. The molecule has 3 fully saturated rings. The van der Waals surface area contributed by atoms with Gasteiger partial charge in [-0.05, 0) is 43.7 Å². The van der Waals surface area contributed by atoms with Crippen LogP contribution >= 0.6 is 35.3 Å². The van der Waals surface area contributed by atoms with E-state index in [-0.39, 0.29) is 10.1 Å². The smallest absolute Gasteiger partial charge is 0.171 e. The van der Waals surface area contributed by atoms with Gasteiger partial charge in [-0.25, -0.2) is 9.37 Å². The second-order valence-electron chi connectivity index (χ2n) is 8.82. The van der Waals surface area contributed by atoms with Crippen LogP contribution < -0.4 is 14.9 Å². The fraction of sp³-hybridized carbons (Fsp3) is 0.524. The van der Waals surface area contributed by atoms with Crippen molar-refractivity contribution in [2.75, 3.05) is 37.8 Å². The zero-order valence-electron chi connectivity index (χ0n) is 17.9. The van der Waals surface area contributed by atoms with E-state index < -0.39 is 17.6 Å². The molecule has 3 heterocycles. The fourth-order valence-electron chi connectivity index (χ4n) is 3.83. The largest absolute Gasteiger partial charge is 0.367 e. The number of alkyl halides is 1. The van der Waals surface area contributed by atoms with Crippen molar-refractivity contribution >= 4 is 56.6 Å². The Morgan fingerprint density at radius 2 is 2.03 bits per heavy atom. The maximum atomic E-state index is 13.4. The number of piperazine rings is 1. The molecule has 3 aliphatic rings. The Kier molecular flexibility index (Phi) is 6.07. The maximum Gasteiger partial charge on any atom is 0.171 e. The van der Waals surface area contributed by atoms with Crippen LogP contribution in [0.1, 0.15) is 31.5 Å². The van der Waals surface area contributed by atoms with Crippen LogP contribution in [0.4, 0.5) is 10.1 Å². The number of imidazole rings is 1. The summed E-state index contributed by atoms with van der Waals surface area (Å²) in [6.07, 6.45) is 4.80. The van der Waals surface area contributed by atoms with Crippen LogP contribution in [0.15, 0.2) is 17.2 Å². The third-order valence-electron chi connectivity index (χ3n) is 6.40. The molecule has 0 spiro atoms. The number of anilines is 1. The van der Waals surface area contributed by atoms with Crippen molar-refractivity contribution in [1.82, 2.24) is 19.4 Å². The first-order valence-electron chi connectivity index (χ1n) is 10.8. The Morgan fingerprint density at radius 1 is 1.30 bits per heavy atom. The standard InChI is InChI=1S/C21H24ClFN8S2/c22-16-15-14(30-7-5-27-6-8-30)9-13(33-29-21(11-23)3-4-21)10-31(15)18(28-16)17(25)32-19(26)20(12-24)1-2-20/h9-10,25-27,29H,1-8,11H2. The van der Waals surface area contributed by atoms with E-state index in [0.717, 1.165) is 61.4 Å². The third kappa shape index (κ3) is 4.35. The molecular weight excluding hydrogens is 483 g/mol. The highest BCUT2D eigenvalue weighted by Gasteiger charge is 2.48. The number of nitrogens with zero attached hydrogens (tertiary/aromatic N) is 4. The molecule has 4 N–H and O–H groups in total. The van der Waals surface area contributed by atoms with Gasteiger partial charge in [-0.3, -0.25) is 19.9 Å². The zero-order valence-corrected chi connectivity index (χ0v) is 20.3. The molecule has 33 heavy (non-hydrogen) atoms. The van der Waals surface area contributed by atoms with E-state index >= 15 is 0 Å². The number of pyridine rings is 1. The molecule has 1 aliphatic heterocycles. The van der Waals surface area contributed by atoms with E-state index in [1.165, 1.54) is 11.9 Å². The summed E-state index contributed by atoms with van der Waals surface area (Å²) in [5, 5.41) is 30.2. The lowest BCUT2D eigenvalue weighted by Crippen LogP contribution is -2.43. The molecule has 2 aliphatic carbocycles. The molecule has 0 aromatic carbocycles. The van der Waals surface area contributed by atoms with Crippen LogP contribution in [-0.2, 0) is 0 Å². The van der Waals surface area contributed by atoms with Gasteiger partial charge in [0.05, 0.1) is 22.3 Å². The predicted octanol–water partition coefficient (Wildman–Crippen LogP) is 3.84. The quantitative estimate of drug-likeness (QED) is 0.256. The molecule has 174 valence electrons. The van der Waals surface area contributed by atoms with Gasteiger partial charge in [0.1, 0.15) is 22.6 Å². The molecule has 0 radical (unpaired) electrons. The zero-order chi connectivity index (χ0) is 23.2.